The number of azide groups is 1. The highest BCUT2D eigenvalue weighted by Gasteiger charge is 2.31. The van der Waals surface area contributed by atoms with Crippen molar-refractivity contribution in [1.82, 2.24) is 14.8 Å². The molecule has 2 aliphatic rings. The smallest absolute Gasteiger partial charge is 0.257 e. The van der Waals surface area contributed by atoms with Gasteiger partial charge >= 0.3 is 0 Å². The third-order valence-electron chi connectivity index (χ3n) is 5.29. The standard InChI is InChI=1S/C20H22N8O2/c21-25-23-8-9-26-10-12-27(13-11-26)14-18(29)28-17-6-2-1-4-15(17)20(30)24-16-5-3-7-22-19(16)28/h1-7H,8-14H2,(H,24,30). The monoisotopic (exact) mass is 406 g/mol. The van der Waals surface area contributed by atoms with E-state index in [4.69, 9.17) is 5.53 Å². The van der Waals surface area contributed by atoms with Crippen molar-refractivity contribution in [2.24, 2.45) is 5.11 Å². The van der Waals surface area contributed by atoms with Crippen LogP contribution in [0.3, 0.4) is 0 Å². The molecule has 1 fully saturated rings. The van der Waals surface area contributed by atoms with Gasteiger partial charge in [-0.3, -0.25) is 19.4 Å². The summed E-state index contributed by atoms with van der Waals surface area (Å²) in [5, 5.41) is 6.42. The van der Waals surface area contributed by atoms with Gasteiger partial charge in [0, 0.05) is 50.4 Å². The zero-order valence-electron chi connectivity index (χ0n) is 16.4. The fraction of sp³-hybridized carbons (Fsp3) is 0.350. The summed E-state index contributed by atoms with van der Waals surface area (Å²) in [7, 11) is 0. The number of para-hydroxylation sites is 1. The second-order valence-electron chi connectivity index (χ2n) is 7.15. The fourth-order valence-corrected chi connectivity index (χ4v) is 3.75. The Kier molecular flexibility index (Phi) is 5.89. The SMILES string of the molecule is [N-]=[N+]=NCCN1CCN(CC(=O)N2c3ccccc3C(=O)Nc3cccnc32)CC1. The first-order chi connectivity index (χ1) is 14.7. The van der Waals surface area contributed by atoms with Crippen LogP contribution in [-0.2, 0) is 4.79 Å². The number of carbonyl (C=O) groups excluding carboxylic acids is 2. The van der Waals surface area contributed by atoms with Gasteiger partial charge in [0.05, 0.1) is 23.5 Å². The van der Waals surface area contributed by atoms with E-state index in [2.05, 4.69) is 30.1 Å². The molecule has 10 nitrogen and oxygen atoms in total. The molecular weight excluding hydrogens is 384 g/mol. The van der Waals surface area contributed by atoms with Crippen LogP contribution >= 0.6 is 0 Å². The Bertz CT molecular complexity index is 996. The number of fused-ring (bicyclic) bond motifs is 2. The second-order valence-corrected chi connectivity index (χ2v) is 7.15. The molecule has 1 aromatic heterocycles. The second kappa shape index (κ2) is 8.91. The number of piperazine rings is 1. The first-order valence-corrected chi connectivity index (χ1v) is 9.81. The number of hydrogen-bond acceptors (Lipinski definition) is 6. The van der Waals surface area contributed by atoms with E-state index in [1.807, 2.05) is 6.07 Å². The van der Waals surface area contributed by atoms with E-state index < -0.39 is 0 Å². The Morgan fingerprint density at radius 2 is 1.90 bits per heavy atom. The number of amides is 2. The molecule has 2 amide bonds. The van der Waals surface area contributed by atoms with Gasteiger partial charge in [0.15, 0.2) is 5.82 Å². The van der Waals surface area contributed by atoms with E-state index in [-0.39, 0.29) is 18.4 Å². The number of anilines is 3. The minimum Gasteiger partial charge on any atom is -0.319 e. The van der Waals surface area contributed by atoms with Gasteiger partial charge in [0.2, 0.25) is 5.91 Å². The number of benzene rings is 1. The molecule has 3 heterocycles. The van der Waals surface area contributed by atoms with Crippen molar-refractivity contribution in [1.29, 1.82) is 0 Å². The number of aromatic nitrogens is 1. The summed E-state index contributed by atoms with van der Waals surface area (Å²) in [6.45, 7) is 4.48. The molecule has 0 spiro atoms. The molecule has 1 aromatic carbocycles. The lowest BCUT2D eigenvalue weighted by molar-refractivity contribution is -0.119. The summed E-state index contributed by atoms with van der Waals surface area (Å²) in [6.07, 6.45) is 1.61. The van der Waals surface area contributed by atoms with Crippen LogP contribution in [0.25, 0.3) is 10.4 Å². The van der Waals surface area contributed by atoms with Gasteiger partial charge in [-0.1, -0.05) is 17.2 Å². The Morgan fingerprint density at radius 1 is 1.13 bits per heavy atom. The van der Waals surface area contributed by atoms with E-state index in [1.54, 1.807) is 36.5 Å². The van der Waals surface area contributed by atoms with Crippen molar-refractivity contribution in [3.63, 3.8) is 0 Å². The molecule has 0 aliphatic carbocycles. The van der Waals surface area contributed by atoms with Crippen molar-refractivity contribution in [3.8, 4) is 0 Å². The number of nitrogens with one attached hydrogen (secondary N) is 1. The van der Waals surface area contributed by atoms with Crippen LogP contribution in [0.15, 0.2) is 47.7 Å². The molecule has 2 aliphatic heterocycles. The van der Waals surface area contributed by atoms with Crippen LogP contribution in [0, 0.1) is 0 Å². The Labute approximate surface area is 173 Å². The Hall–Kier alpha value is -3.46. The number of nitrogens with zero attached hydrogens (tertiary/aromatic N) is 7. The van der Waals surface area contributed by atoms with E-state index >= 15 is 0 Å². The predicted octanol–water partition coefficient (Wildman–Crippen LogP) is 2.24. The quantitative estimate of drug-likeness (QED) is 0.464. The van der Waals surface area contributed by atoms with Crippen molar-refractivity contribution >= 4 is 29.0 Å². The summed E-state index contributed by atoms with van der Waals surface area (Å²) >= 11 is 0. The van der Waals surface area contributed by atoms with Gasteiger partial charge in [0.1, 0.15) is 0 Å². The van der Waals surface area contributed by atoms with Gasteiger partial charge in [-0.25, -0.2) is 4.98 Å². The van der Waals surface area contributed by atoms with Crippen molar-refractivity contribution in [3.05, 3.63) is 58.6 Å². The minimum absolute atomic E-state index is 0.138. The number of rotatable bonds is 5. The average molecular weight is 406 g/mol. The highest BCUT2D eigenvalue weighted by atomic mass is 16.2. The van der Waals surface area contributed by atoms with E-state index in [0.29, 0.717) is 29.3 Å². The van der Waals surface area contributed by atoms with Crippen molar-refractivity contribution in [2.75, 3.05) is 56.0 Å². The molecule has 154 valence electrons. The highest BCUT2D eigenvalue weighted by Crippen LogP contribution is 2.36. The topological polar surface area (TPSA) is 118 Å². The number of carbonyl (C=O) groups is 2. The lowest BCUT2D eigenvalue weighted by Gasteiger charge is -2.35. The van der Waals surface area contributed by atoms with Crippen LogP contribution in [0.1, 0.15) is 10.4 Å². The summed E-state index contributed by atoms with van der Waals surface area (Å²) in [5.74, 6) is 0.0269. The van der Waals surface area contributed by atoms with Gasteiger partial charge < -0.3 is 10.2 Å². The molecular formula is C20H22N8O2. The summed E-state index contributed by atoms with van der Waals surface area (Å²) in [5.41, 5.74) is 9.87. The highest BCUT2D eigenvalue weighted by molar-refractivity contribution is 6.17. The van der Waals surface area contributed by atoms with E-state index in [9.17, 15) is 9.59 Å². The maximum atomic E-state index is 13.4. The zero-order chi connectivity index (χ0) is 20.9. The molecule has 1 saturated heterocycles. The first-order valence-electron chi connectivity index (χ1n) is 9.81. The lowest BCUT2D eigenvalue weighted by Crippen LogP contribution is -2.50. The molecule has 30 heavy (non-hydrogen) atoms. The van der Waals surface area contributed by atoms with Gasteiger partial charge in [-0.05, 0) is 29.8 Å². The van der Waals surface area contributed by atoms with Gasteiger partial charge in [0.25, 0.3) is 5.91 Å². The van der Waals surface area contributed by atoms with Crippen molar-refractivity contribution < 1.29 is 9.59 Å². The van der Waals surface area contributed by atoms with Gasteiger partial charge in [-0.15, -0.1) is 0 Å². The van der Waals surface area contributed by atoms with Gasteiger partial charge in [-0.2, -0.15) is 0 Å². The van der Waals surface area contributed by atoms with Crippen molar-refractivity contribution in [2.45, 2.75) is 0 Å². The summed E-state index contributed by atoms with van der Waals surface area (Å²) < 4.78 is 0. The molecule has 0 unspecified atom stereocenters. The van der Waals surface area contributed by atoms with Crippen LogP contribution in [-0.4, -0.2) is 72.4 Å². The average Bonchev–Trinajstić information content (AvgIpc) is 2.89. The molecule has 2 aromatic rings. The molecule has 0 saturated carbocycles. The molecule has 0 bridgehead atoms. The van der Waals surface area contributed by atoms with E-state index in [0.717, 1.165) is 32.7 Å². The summed E-state index contributed by atoms with van der Waals surface area (Å²) in [6, 6.07) is 10.5. The zero-order valence-corrected chi connectivity index (χ0v) is 16.4. The molecule has 0 radical (unpaired) electrons. The molecule has 1 N–H and O–H groups in total. The van der Waals surface area contributed by atoms with Crippen LogP contribution < -0.4 is 10.2 Å². The first kappa shape index (κ1) is 19.8. The molecule has 10 heteroatoms. The normalized spacial score (nSPS) is 16.7. The predicted molar refractivity (Wildman–Crippen MR) is 113 cm³/mol. The molecule has 0 atom stereocenters. The summed E-state index contributed by atoms with van der Waals surface area (Å²) in [4.78, 5) is 39.0. The maximum Gasteiger partial charge on any atom is 0.257 e. The van der Waals surface area contributed by atoms with E-state index in [1.165, 1.54) is 4.90 Å². The van der Waals surface area contributed by atoms with Crippen LogP contribution in [0.4, 0.5) is 17.2 Å². The third-order valence-corrected chi connectivity index (χ3v) is 5.29. The maximum absolute atomic E-state index is 13.4. The van der Waals surface area contributed by atoms with Crippen LogP contribution in [0.2, 0.25) is 0 Å². The van der Waals surface area contributed by atoms with Crippen LogP contribution in [0.5, 0.6) is 0 Å². The lowest BCUT2D eigenvalue weighted by atomic mass is 10.1. The largest absolute Gasteiger partial charge is 0.319 e. The number of hydrogen-bond donors (Lipinski definition) is 1. The Balaban J connectivity index is 1.52. The third kappa shape index (κ3) is 4.11. The Morgan fingerprint density at radius 3 is 2.70 bits per heavy atom. The fourth-order valence-electron chi connectivity index (χ4n) is 3.75. The minimum atomic E-state index is -0.260. The number of pyridine rings is 1. The molecule has 4 rings (SSSR count).